The fourth-order valence-electron chi connectivity index (χ4n) is 3.40. The Labute approximate surface area is 213 Å². The summed E-state index contributed by atoms with van der Waals surface area (Å²) in [5.74, 6) is -4.19. The highest BCUT2D eigenvalue weighted by Crippen LogP contribution is 2.12. The molecule has 0 fully saturated rings. The molecule has 0 heterocycles. The van der Waals surface area contributed by atoms with E-state index in [4.69, 9.17) is 11.5 Å². The van der Waals surface area contributed by atoms with Gasteiger partial charge in [0.15, 0.2) is 0 Å². The third-order valence-corrected chi connectivity index (χ3v) is 5.38. The van der Waals surface area contributed by atoms with Crippen LogP contribution >= 0.6 is 0 Å². The number of carbonyl (C=O) groups excluding carboxylic acids is 4. The summed E-state index contributed by atoms with van der Waals surface area (Å²) >= 11 is 0. The van der Waals surface area contributed by atoms with Gasteiger partial charge in [-0.05, 0) is 36.1 Å². The number of phenols is 1. The van der Waals surface area contributed by atoms with Crippen LogP contribution in [0.1, 0.15) is 24.0 Å². The van der Waals surface area contributed by atoms with E-state index in [0.29, 0.717) is 5.56 Å². The Kier molecular flexibility index (Phi) is 11.0. The fourth-order valence-corrected chi connectivity index (χ4v) is 3.40. The van der Waals surface area contributed by atoms with Gasteiger partial charge in [0.2, 0.25) is 23.6 Å². The maximum absolute atomic E-state index is 12.8. The molecule has 9 N–H and O–H groups in total. The number of phenolic OH excluding ortho intramolecular Hbond substituents is 1. The first-order valence-corrected chi connectivity index (χ1v) is 11.5. The quantitative estimate of drug-likeness (QED) is 0.165. The van der Waals surface area contributed by atoms with E-state index in [1.165, 1.54) is 24.3 Å². The Morgan fingerprint density at radius 1 is 0.811 bits per heavy atom. The number of hydrogen-bond acceptors (Lipinski definition) is 7. The van der Waals surface area contributed by atoms with Crippen LogP contribution in [0.25, 0.3) is 0 Å². The zero-order valence-corrected chi connectivity index (χ0v) is 20.1. The van der Waals surface area contributed by atoms with Crippen LogP contribution in [0.5, 0.6) is 5.75 Å². The Hall–Kier alpha value is -4.45. The molecule has 2 aromatic rings. The molecule has 12 heteroatoms. The van der Waals surface area contributed by atoms with Gasteiger partial charge in [-0.25, -0.2) is 4.79 Å². The Morgan fingerprint density at radius 2 is 1.43 bits per heavy atom. The van der Waals surface area contributed by atoms with Crippen molar-refractivity contribution in [1.29, 1.82) is 0 Å². The van der Waals surface area contributed by atoms with Crippen molar-refractivity contribution in [2.24, 2.45) is 11.5 Å². The second kappa shape index (κ2) is 14.2. The highest BCUT2D eigenvalue weighted by atomic mass is 16.4. The normalized spacial score (nSPS) is 13.0. The van der Waals surface area contributed by atoms with Crippen LogP contribution in [0.4, 0.5) is 0 Å². The van der Waals surface area contributed by atoms with E-state index in [0.717, 1.165) is 5.56 Å². The van der Waals surface area contributed by atoms with Gasteiger partial charge in [0.1, 0.15) is 17.8 Å². The molecule has 3 unspecified atom stereocenters. The molecular formula is C25H31N5O7. The first kappa shape index (κ1) is 28.8. The predicted molar refractivity (Wildman–Crippen MR) is 133 cm³/mol. The fraction of sp³-hybridized carbons (Fsp3) is 0.320. The van der Waals surface area contributed by atoms with E-state index < -0.39 is 54.3 Å². The van der Waals surface area contributed by atoms with Crippen LogP contribution in [0, 0.1) is 0 Å². The summed E-state index contributed by atoms with van der Waals surface area (Å²) < 4.78 is 0. The molecule has 0 saturated carbocycles. The topological polar surface area (TPSA) is 214 Å². The van der Waals surface area contributed by atoms with Gasteiger partial charge in [-0.3, -0.25) is 19.2 Å². The summed E-state index contributed by atoms with van der Waals surface area (Å²) in [5, 5.41) is 26.1. The maximum atomic E-state index is 12.8. The largest absolute Gasteiger partial charge is 0.508 e. The third kappa shape index (κ3) is 10.4. The molecule has 37 heavy (non-hydrogen) atoms. The van der Waals surface area contributed by atoms with Crippen molar-refractivity contribution >= 4 is 29.6 Å². The summed E-state index contributed by atoms with van der Waals surface area (Å²) in [6, 6.07) is 11.3. The van der Waals surface area contributed by atoms with Gasteiger partial charge in [-0.15, -0.1) is 0 Å². The minimum atomic E-state index is -1.35. The second-order valence-electron chi connectivity index (χ2n) is 8.41. The van der Waals surface area contributed by atoms with Crippen molar-refractivity contribution in [3.05, 3.63) is 65.7 Å². The number of hydrogen-bond donors (Lipinski definition) is 7. The van der Waals surface area contributed by atoms with Crippen LogP contribution in [-0.2, 0) is 36.8 Å². The monoisotopic (exact) mass is 513 g/mol. The van der Waals surface area contributed by atoms with Crippen LogP contribution in [-0.4, -0.2) is 64.5 Å². The summed E-state index contributed by atoms with van der Waals surface area (Å²) in [5.41, 5.74) is 12.4. The molecule has 0 aliphatic carbocycles. The van der Waals surface area contributed by atoms with Crippen LogP contribution in [0.2, 0.25) is 0 Å². The number of carboxylic acid groups (broad SMARTS) is 1. The molecule has 12 nitrogen and oxygen atoms in total. The Bertz CT molecular complexity index is 1090. The van der Waals surface area contributed by atoms with E-state index in [1.54, 1.807) is 0 Å². The highest BCUT2D eigenvalue weighted by Gasteiger charge is 2.27. The zero-order chi connectivity index (χ0) is 27.4. The first-order chi connectivity index (χ1) is 17.5. The minimum Gasteiger partial charge on any atom is -0.508 e. The van der Waals surface area contributed by atoms with E-state index >= 15 is 0 Å². The van der Waals surface area contributed by atoms with Crippen molar-refractivity contribution < 1.29 is 34.2 Å². The van der Waals surface area contributed by atoms with E-state index in [1.807, 2.05) is 30.3 Å². The van der Waals surface area contributed by atoms with Crippen molar-refractivity contribution in [1.82, 2.24) is 16.0 Å². The number of nitrogens with two attached hydrogens (primary N) is 2. The lowest BCUT2D eigenvalue weighted by Gasteiger charge is -2.21. The summed E-state index contributed by atoms with van der Waals surface area (Å²) in [7, 11) is 0. The smallest absolute Gasteiger partial charge is 0.326 e. The number of aliphatic carboxylic acids is 1. The molecule has 0 aromatic heterocycles. The van der Waals surface area contributed by atoms with Gasteiger partial charge in [-0.2, -0.15) is 0 Å². The van der Waals surface area contributed by atoms with Crippen molar-refractivity contribution in [2.75, 3.05) is 6.54 Å². The molecule has 0 saturated heterocycles. The molecule has 0 aliphatic rings. The van der Waals surface area contributed by atoms with E-state index in [9.17, 15) is 34.2 Å². The van der Waals surface area contributed by atoms with Gasteiger partial charge >= 0.3 is 5.97 Å². The number of amides is 4. The van der Waals surface area contributed by atoms with E-state index in [-0.39, 0.29) is 31.4 Å². The average molecular weight is 514 g/mol. The van der Waals surface area contributed by atoms with Crippen molar-refractivity contribution in [3.63, 3.8) is 0 Å². The zero-order valence-electron chi connectivity index (χ0n) is 20.1. The molecule has 198 valence electrons. The van der Waals surface area contributed by atoms with E-state index in [2.05, 4.69) is 16.0 Å². The lowest BCUT2D eigenvalue weighted by Crippen LogP contribution is -2.54. The highest BCUT2D eigenvalue weighted by molar-refractivity contribution is 5.93. The van der Waals surface area contributed by atoms with Gasteiger partial charge < -0.3 is 37.6 Å². The Balaban J connectivity index is 1.96. The SMILES string of the molecule is NC(=O)CCC(NC(=O)CNC(=O)C(N)Cc1ccccc1)C(=O)NC(Cc1ccc(O)cc1)C(=O)O. The number of nitrogens with one attached hydrogen (secondary N) is 3. The number of rotatable bonds is 14. The standard InChI is InChI=1S/C25H31N5O7/c26-18(12-15-4-2-1-3-5-15)23(34)28-14-22(33)29-19(10-11-21(27)32)24(35)30-20(25(36)37)13-16-6-8-17(31)9-7-16/h1-9,18-20,31H,10-14,26H2,(H2,27,32)(H,28,34)(H,29,33)(H,30,35)(H,36,37). The molecule has 4 amide bonds. The summed E-state index contributed by atoms with van der Waals surface area (Å²) in [4.78, 5) is 60.5. The lowest BCUT2D eigenvalue weighted by molar-refractivity contribution is -0.142. The van der Waals surface area contributed by atoms with Gasteiger partial charge in [0.25, 0.3) is 0 Å². The molecule has 2 aromatic carbocycles. The average Bonchev–Trinajstić information content (AvgIpc) is 2.86. The number of carbonyl (C=O) groups is 5. The van der Waals surface area contributed by atoms with Crippen molar-refractivity contribution in [3.8, 4) is 5.75 Å². The molecule has 0 aliphatic heterocycles. The summed E-state index contributed by atoms with van der Waals surface area (Å²) in [6.07, 6.45) is -0.259. The number of primary amides is 1. The first-order valence-electron chi connectivity index (χ1n) is 11.5. The molecule has 3 atom stereocenters. The predicted octanol–water partition coefficient (Wildman–Crippen LogP) is -1.06. The molecule has 0 radical (unpaired) electrons. The molecule has 0 spiro atoms. The lowest BCUT2D eigenvalue weighted by atomic mass is 10.0. The van der Waals surface area contributed by atoms with Gasteiger partial charge in [-0.1, -0.05) is 42.5 Å². The van der Waals surface area contributed by atoms with Crippen LogP contribution in [0.3, 0.4) is 0 Å². The van der Waals surface area contributed by atoms with Crippen LogP contribution < -0.4 is 27.4 Å². The molecule has 2 rings (SSSR count). The molecule has 0 bridgehead atoms. The van der Waals surface area contributed by atoms with Crippen LogP contribution in [0.15, 0.2) is 54.6 Å². The summed E-state index contributed by atoms with van der Waals surface area (Å²) in [6.45, 7) is -0.489. The number of benzene rings is 2. The van der Waals surface area contributed by atoms with Gasteiger partial charge in [0, 0.05) is 12.8 Å². The van der Waals surface area contributed by atoms with Crippen molar-refractivity contribution in [2.45, 2.75) is 43.8 Å². The molecular weight excluding hydrogens is 482 g/mol. The number of carboxylic acids is 1. The second-order valence-corrected chi connectivity index (χ2v) is 8.41. The number of aromatic hydroxyl groups is 1. The maximum Gasteiger partial charge on any atom is 0.326 e. The Morgan fingerprint density at radius 3 is 2.03 bits per heavy atom. The minimum absolute atomic E-state index is 0.00185. The van der Waals surface area contributed by atoms with Gasteiger partial charge in [0.05, 0.1) is 12.6 Å². The third-order valence-electron chi connectivity index (χ3n) is 5.38.